The average Bonchev–Trinajstić information content (AvgIpc) is 2.28. The predicted molar refractivity (Wildman–Crippen MR) is 68.7 cm³/mol. The van der Waals surface area contributed by atoms with Gasteiger partial charge in [-0.05, 0) is 18.9 Å². The van der Waals surface area contributed by atoms with Crippen molar-refractivity contribution in [3.8, 4) is 0 Å². The lowest BCUT2D eigenvalue weighted by molar-refractivity contribution is 0.0697. The minimum absolute atomic E-state index is 0.265. The summed E-state index contributed by atoms with van der Waals surface area (Å²) in [5.41, 5.74) is 1.84. The van der Waals surface area contributed by atoms with Gasteiger partial charge in [0, 0.05) is 25.5 Å². The molecule has 0 spiro atoms. The number of hydrogen-bond acceptors (Lipinski definition) is 3. The fraction of sp³-hybridized carbons (Fsp3) is 0.538. The summed E-state index contributed by atoms with van der Waals surface area (Å²) in [5, 5.41) is 9.13. The topological polar surface area (TPSA) is 53.4 Å². The summed E-state index contributed by atoms with van der Waals surface area (Å²) in [6, 6.07) is 1.83. The van der Waals surface area contributed by atoms with Crippen LogP contribution in [0.3, 0.4) is 0 Å². The highest BCUT2D eigenvalue weighted by Crippen LogP contribution is 2.21. The van der Waals surface area contributed by atoms with Crippen LogP contribution in [0, 0.1) is 12.8 Å². The molecule has 0 saturated heterocycles. The van der Waals surface area contributed by atoms with Gasteiger partial charge < -0.3 is 10.0 Å². The molecule has 0 saturated carbocycles. The molecule has 94 valence electrons. The first-order valence-electron chi connectivity index (χ1n) is 5.86. The van der Waals surface area contributed by atoms with E-state index in [0.29, 0.717) is 5.92 Å². The zero-order chi connectivity index (χ0) is 13.0. The molecule has 0 aliphatic rings. The van der Waals surface area contributed by atoms with Gasteiger partial charge in [0.05, 0.1) is 5.69 Å². The summed E-state index contributed by atoms with van der Waals surface area (Å²) >= 11 is 0. The van der Waals surface area contributed by atoms with E-state index < -0.39 is 5.97 Å². The van der Waals surface area contributed by atoms with E-state index in [1.807, 2.05) is 24.9 Å². The summed E-state index contributed by atoms with van der Waals surface area (Å²) in [7, 11) is 1.92. The van der Waals surface area contributed by atoms with E-state index in [9.17, 15) is 4.79 Å². The Bertz CT molecular complexity index is 404. The molecular formula is C13H20N2O2. The second-order valence-corrected chi connectivity index (χ2v) is 4.54. The Balaban J connectivity index is 3.02. The third-order valence-corrected chi connectivity index (χ3v) is 2.94. The van der Waals surface area contributed by atoms with Crippen molar-refractivity contribution in [2.75, 3.05) is 18.5 Å². The van der Waals surface area contributed by atoms with Crippen molar-refractivity contribution < 1.29 is 9.90 Å². The number of aromatic nitrogens is 1. The zero-order valence-electron chi connectivity index (χ0n) is 10.9. The average molecular weight is 236 g/mol. The number of nitrogens with zero attached hydrogens (tertiary/aromatic N) is 2. The van der Waals surface area contributed by atoms with E-state index in [1.165, 1.54) is 6.20 Å². The maximum atomic E-state index is 11.1. The van der Waals surface area contributed by atoms with E-state index in [-0.39, 0.29) is 5.56 Å². The van der Waals surface area contributed by atoms with Gasteiger partial charge in [0.2, 0.25) is 0 Å². The fourth-order valence-corrected chi connectivity index (χ4v) is 1.72. The van der Waals surface area contributed by atoms with Crippen molar-refractivity contribution in [1.82, 2.24) is 4.98 Å². The van der Waals surface area contributed by atoms with Crippen LogP contribution in [0.15, 0.2) is 12.3 Å². The number of carbonyl (C=O) groups is 1. The Morgan fingerprint density at radius 2 is 2.24 bits per heavy atom. The van der Waals surface area contributed by atoms with Crippen molar-refractivity contribution in [1.29, 1.82) is 0 Å². The normalized spacial score (nSPS) is 12.2. The first-order chi connectivity index (χ1) is 7.95. The van der Waals surface area contributed by atoms with Gasteiger partial charge in [0.15, 0.2) is 0 Å². The molecular weight excluding hydrogens is 216 g/mol. The van der Waals surface area contributed by atoms with Gasteiger partial charge in [0.1, 0.15) is 5.56 Å². The second-order valence-electron chi connectivity index (χ2n) is 4.54. The van der Waals surface area contributed by atoms with Crippen molar-refractivity contribution >= 4 is 11.7 Å². The van der Waals surface area contributed by atoms with Crippen LogP contribution in [0.1, 0.15) is 36.3 Å². The monoisotopic (exact) mass is 236 g/mol. The molecule has 0 radical (unpaired) electrons. The SMILES string of the molecule is CCC(C)CN(C)c1cc(C)ncc1C(=O)O. The maximum absolute atomic E-state index is 11.1. The zero-order valence-corrected chi connectivity index (χ0v) is 10.9. The van der Waals surface area contributed by atoms with Crippen LogP contribution in [0.5, 0.6) is 0 Å². The molecule has 0 aliphatic heterocycles. The summed E-state index contributed by atoms with van der Waals surface area (Å²) in [6.07, 6.45) is 2.51. The maximum Gasteiger partial charge on any atom is 0.339 e. The molecule has 0 aliphatic carbocycles. The lowest BCUT2D eigenvalue weighted by Gasteiger charge is -2.24. The van der Waals surface area contributed by atoms with Gasteiger partial charge in [-0.2, -0.15) is 0 Å². The molecule has 1 N–H and O–H groups in total. The Morgan fingerprint density at radius 3 is 2.76 bits per heavy atom. The summed E-state index contributed by atoms with van der Waals surface area (Å²) in [4.78, 5) is 17.2. The van der Waals surface area contributed by atoms with E-state index in [2.05, 4.69) is 18.8 Å². The highest BCUT2D eigenvalue weighted by molar-refractivity contribution is 5.94. The van der Waals surface area contributed by atoms with E-state index in [0.717, 1.165) is 24.3 Å². The molecule has 17 heavy (non-hydrogen) atoms. The Labute approximate surface area is 102 Å². The number of aryl methyl sites for hydroxylation is 1. The lowest BCUT2D eigenvalue weighted by atomic mass is 10.1. The van der Waals surface area contributed by atoms with Crippen LogP contribution in [-0.2, 0) is 0 Å². The van der Waals surface area contributed by atoms with Crippen LogP contribution in [0.4, 0.5) is 5.69 Å². The molecule has 0 fully saturated rings. The third-order valence-electron chi connectivity index (χ3n) is 2.94. The van der Waals surface area contributed by atoms with Gasteiger partial charge >= 0.3 is 5.97 Å². The minimum atomic E-state index is -0.927. The molecule has 1 unspecified atom stereocenters. The first kappa shape index (κ1) is 13.5. The molecule has 1 heterocycles. The van der Waals surface area contributed by atoms with Gasteiger partial charge in [-0.15, -0.1) is 0 Å². The number of rotatable bonds is 5. The number of carboxylic acids is 1. The van der Waals surface area contributed by atoms with Gasteiger partial charge in [-0.1, -0.05) is 20.3 Å². The number of aromatic carboxylic acids is 1. The smallest absolute Gasteiger partial charge is 0.339 e. The molecule has 4 nitrogen and oxygen atoms in total. The van der Waals surface area contributed by atoms with E-state index >= 15 is 0 Å². The Morgan fingerprint density at radius 1 is 1.59 bits per heavy atom. The molecule has 0 amide bonds. The fourth-order valence-electron chi connectivity index (χ4n) is 1.72. The molecule has 4 heteroatoms. The lowest BCUT2D eigenvalue weighted by Crippen LogP contribution is -2.25. The molecule has 1 aromatic rings. The van der Waals surface area contributed by atoms with Crippen LogP contribution in [0.25, 0.3) is 0 Å². The molecule has 1 rings (SSSR count). The molecule has 0 bridgehead atoms. The standard InChI is InChI=1S/C13H20N2O2/c1-5-9(2)8-15(4)12-6-10(3)14-7-11(12)13(16)17/h6-7,9H,5,8H2,1-4H3,(H,16,17). The molecule has 1 atom stereocenters. The quantitative estimate of drug-likeness (QED) is 0.853. The minimum Gasteiger partial charge on any atom is -0.478 e. The van der Waals surface area contributed by atoms with Crippen molar-refractivity contribution in [3.05, 3.63) is 23.5 Å². The van der Waals surface area contributed by atoms with E-state index in [1.54, 1.807) is 0 Å². The number of anilines is 1. The van der Waals surface area contributed by atoms with Gasteiger partial charge in [-0.25, -0.2) is 4.79 Å². The van der Waals surface area contributed by atoms with Crippen molar-refractivity contribution in [3.63, 3.8) is 0 Å². The van der Waals surface area contributed by atoms with Crippen LogP contribution in [0.2, 0.25) is 0 Å². The van der Waals surface area contributed by atoms with Crippen LogP contribution in [-0.4, -0.2) is 29.7 Å². The summed E-state index contributed by atoms with van der Waals surface area (Å²) in [5.74, 6) is -0.390. The van der Waals surface area contributed by atoms with Crippen LogP contribution < -0.4 is 4.90 Å². The summed E-state index contributed by atoms with van der Waals surface area (Å²) < 4.78 is 0. The first-order valence-corrected chi connectivity index (χ1v) is 5.86. The highest BCUT2D eigenvalue weighted by atomic mass is 16.4. The number of carboxylic acid groups (broad SMARTS) is 1. The van der Waals surface area contributed by atoms with Gasteiger partial charge in [0.25, 0.3) is 0 Å². The summed E-state index contributed by atoms with van der Waals surface area (Å²) in [6.45, 7) is 7.01. The Hall–Kier alpha value is -1.58. The number of pyridine rings is 1. The van der Waals surface area contributed by atoms with Crippen LogP contribution >= 0.6 is 0 Å². The van der Waals surface area contributed by atoms with Gasteiger partial charge in [-0.3, -0.25) is 4.98 Å². The second kappa shape index (κ2) is 5.66. The van der Waals surface area contributed by atoms with Crippen molar-refractivity contribution in [2.24, 2.45) is 5.92 Å². The molecule has 1 aromatic heterocycles. The Kier molecular flexibility index (Phi) is 4.49. The highest BCUT2D eigenvalue weighted by Gasteiger charge is 2.15. The predicted octanol–water partition coefficient (Wildman–Crippen LogP) is 2.57. The van der Waals surface area contributed by atoms with Crippen molar-refractivity contribution in [2.45, 2.75) is 27.2 Å². The third kappa shape index (κ3) is 3.44. The molecule has 0 aromatic carbocycles. The largest absolute Gasteiger partial charge is 0.478 e. The number of hydrogen-bond donors (Lipinski definition) is 1. The van der Waals surface area contributed by atoms with E-state index in [4.69, 9.17) is 5.11 Å².